The van der Waals surface area contributed by atoms with Gasteiger partial charge in [0.1, 0.15) is 11.6 Å². The number of benzene rings is 2. The Bertz CT molecular complexity index is 827. The molecule has 0 spiro atoms. The van der Waals surface area contributed by atoms with Crippen LogP contribution >= 0.6 is 0 Å². The van der Waals surface area contributed by atoms with Crippen molar-refractivity contribution in [3.8, 4) is 0 Å². The van der Waals surface area contributed by atoms with Crippen LogP contribution in [0.15, 0.2) is 66.2 Å². The van der Waals surface area contributed by atoms with Crippen molar-refractivity contribution >= 4 is 20.2 Å². The van der Waals surface area contributed by atoms with Gasteiger partial charge >= 0.3 is 0 Å². The van der Waals surface area contributed by atoms with Crippen molar-refractivity contribution in [1.29, 1.82) is 0 Å². The maximum absolute atomic E-state index is 13.1. The fourth-order valence-corrected chi connectivity index (χ4v) is 4.39. The van der Waals surface area contributed by atoms with Crippen molar-refractivity contribution in [3.05, 3.63) is 83.2 Å². The molecule has 0 saturated carbocycles. The molecule has 29 heavy (non-hydrogen) atoms. The van der Waals surface area contributed by atoms with E-state index in [1.165, 1.54) is 17.7 Å². The van der Waals surface area contributed by atoms with Gasteiger partial charge in [-0.2, -0.15) is 0 Å². The summed E-state index contributed by atoms with van der Waals surface area (Å²) in [6, 6.07) is 17.2. The summed E-state index contributed by atoms with van der Waals surface area (Å²) in [7, 11) is -1.66. The lowest BCUT2D eigenvalue weighted by atomic mass is 10.0. The van der Waals surface area contributed by atoms with Gasteiger partial charge in [-0.15, -0.1) is 0 Å². The van der Waals surface area contributed by atoms with Gasteiger partial charge in [-0.25, -0.2) is 4.39 Å². The molecule has 0 aromatic heterocycles. The molecule has 0 N–H and O–H groups in total. The molecule has 0 unspecified atom stereocenters. The van der Waals surface area contributed by atoms with Gasteiger partial charge in [0.2, 0.25) is 8.32 Å². The maximum Gasteiger partial charge on any atom is 0.242 e. The zero-order valence-electron chi connectivity index (χ0n) is 17.8. The molecule has 1 aliphatic rings. The SMILES string of the molecule is C[Si](C)(C)OC(=CCCN1CCC(=Cc2ccc(F)cc2)CC1)c1ccccc1. The lowest BCUT2D eigenvalue weighted by Crippen LogP contribution is -2.31. The summed E-state index contributed by atoms with van der Waals surface area (Å²) >= 11 is 0. The number of nitrogens with zero attached hydrogens (tertiary/aromatic N) is 1. The van der Waals surface area contributed by atoms with Crippen molar-refractivity contribution in [2.45, 2.75) is 38.9 Å². The minimum Gasteiger partial charge on any atom is -0.544 e. The molecule has 1 saturated heterocycles. The van der Waals surface area contributed by atoms with E-state index in [4.69, 9.17) is 4.43 Å². The number of rotatable bonds is 7. The van der Waals surface area contributed by atoms with Crippen LogP contribution in [0, 0.1) is 5.82 Å². The van der Waals surface area contributed by atoms with E-state index in [1.807, 2.05) is 18.2 Å². The first-order chi connectivity index (χ1) is 13.9. The van der Waals surface area contributed by atoms with Gasteiger partial charge in [0, 0.05) is 25.2 Å². The standard InChI is InChI=1S/C25H32FNOSi/c1-29(2,3)28-25(23-8-5-4-6-9-23)10-7-17-27-18-15-22(16-19-27)20-21-11-13-24(26)14-12-21/h4-6,8-14,20H,7,15-19H2,1-3H3. The molecule has 1 heterocycles. The van der Waals surface area contributed by atoms with E-state index < -0.39 is 8.32 Å². The zero-order chi connectivity index (χ0) is 20.7. The average Bonchev–Trinajstić information content (AvgIpc) is 2.70. The van der Waals surface area contributed by atoms with Crippen LogP contribution in [-0.4, -0.2) is 32.9 Å². The fraction of sp³-hybridized carbons (Fsp3) is 0.360. The summed E-state index contributed by atoms with van der Waals surface area (Å²) in [5.74, 6) is 0.849. The molecule has 0 amide bonds. The van der Waals surface area contributed by atoms with Crippen LogP contribution in [0.1, 0.15) is 30.4 Å². The smallest absolute Gasteiger partial charge is 0.242 e. The Kier molecular flexibility index (Phi) is 7.45. The third-order valence-corrected chi connectivity index (χ3v) is 5.82. The van der Waals surface area contributed by atoms with Crippen LogP contribution < -0.4 is 0 Å². The Morgan fingerprint density at radius 1 is 1.00 bits per heavy atom. The van der Waals surface area contributed by atoms with E-state index in [0.717, 1.165) is 55.8 Å². The first kappa shape index (κ1) is 21.5. The van der Waals surface area contributed by atoms with Crippen LogP contribution in [-0.2, 0) is 4.43 Å². The second-order valence-electron chi connectivity index (χ2n) is 8.63. The summed E-state index contributed by atoms with van der Waals surface area (Å²) in [5.41, 5.74) is 3.71. The number of halogens is 1. The van der Waals surface area contributed by atoms with Gasteiger partial charge < -0.3 is 9.33 Å². The molecule has 1 aliphatic heterocycles. The Balaban J connectivity index is 1.53. The minimum absolute atomic E-state index is 0.178. The summed E-state index contributed by atoms with van der Waals surface area (Å²) in [6.07, 6.45) is 7.63. The highest BCUT2D eigenvalue weighted by molar-refractivity contribution is 6.70. The second kappa shape index (κ2) is 10.0. The Morgan fingerprint density at radius 2 is 1.66 bits per heavy atom. The van der Waals surface area contributed by atoms with Crippen LogP contribution in [0.25, 0.3) is 11.8 Å². The first-order valence-electron chi connectivity index (χ1n) is 10.5. The molecule has 4 heteroatoms. The van der Waals surface area contributed by atoms with E-state index in [9.17, 15) is 4.39 Å². The summed E-state index contributed by atoms with van der Waals surface area (Å²) in [5, 5.41) is 0. The molecule has 3 rings (SSSR count). The molecule has 0 bridgehead atoms. The second-order valence-corrected chi connectivity index (χ2v) is 13.1. The first-order valence-corrected chi connectivity index (χ1v) is 13.9. The fourth-order valence-electron chi connectivity index (χ4n) is 3.53. The quantitative estimate of drug-likeness (QED) is 0.378. The maximum atomic E-state index is 13.1. The highest BCUT2D eigenvalue weighted by Gasteiger charge is 2.19. The minimum atomic E-state index is -1.66. The molecule has 2 nitrogen and oxygen atoms in total. The van der Waals surface area contributed by atoms with Gasteiger partial charge in [-0.3, -0.25) is 0 Å². The highest BCUT2D eigenvalue weighted by Crippen LogP contribution is 2.23. The van der Waals surface area contributed by atoms with Crippen molar-refractivity contribution in [3.63, 3.8) is 0 Å². The van der Waals surface area contributed by atoms with E-state index in [2.05, 4.69) is 61.0 Å². The molecule has 1 fully saturated rings. The molecular formula is C25H32FNOSi. The summed E-state index contributed by atoms with van der Waals surface area (Å²) in [4.78, 5) is 2.52. The van der Waals surface area contributed by atoms with Crippen LogP contribution in [0.3, 0.4) is 0 Å². The van der Waals surface area contributed by atoms with E-state index in [1.54, 1.807) is 0 Å². The normalized spacial score (nSPS) is 16.0. The Morgan fingerprint density at radius 3 is 2.28 bits per heavy atom. The highest BCUT2D eigenvalue weighted by atomic mass is 28.4. The van der Waals surface area contributed by atoms with E-state index >= 15 is 0 Å². The molecule has 2 aromatic rings. The van der Waals surface area contributed by atoms with Gasteiger partial charge in [-0.1, -0.05) is 54.1 Å². The van der Waals surface area contributed by atoms with E-state index in [0.29, 0.717) is 0 Å². The van der Waals surface area contributed by atoms with Crippen LogP contribution in [0.5, 0.6) is 0 Å². The molecule has 2 aromatic carbocycles. The molecular weight excluding hydrogens is 377 g/mol. The largest absolute Gasteiger partial charge is 0.544 e. The number of piperidine rings is 1. The Labute approximate surface area is 175 Å². The van der Waals surface area contributed by atoms with Gasteiger partial charge in [0.25, 0.3) is 0 Å². The van der Waals surface area contributed by atoms with Gasteiger partial charge in [0.15, 0.2) is 0 Å². The monoisotopic (exact) mass is 409 g/mol. The third-order valence-electron chi connectivity index (χ3n) is 4.99. The molecule has 0 radical (unpaired) electrons. The molecule has 154 valence electrons. The molecule has 0 atom stereocenters. The van der Waals surface area contributed by atoms with Crippen LogP contribution in [0.4, 0.5) is 4.39 Å². The lowest BCUT2D eigenvalue weighted by molar-refractivity contribution is 0.261. The number of hydrogen-bond acceptors (Lipinski definition) is 2. The van der Waals surface area contributed by atoms with Crippen molar-refractivity contribution in [2.75, 3.05) is 19.6 Å². The van der Waals surface area contributed by atoms with Gasteiger partial charge in [0.05, 0.1) is 0 Å². The van der Waals surface area contributed by atoms with Gasteiger partial charge in [-0.05, 0) is 62.7 Å². The van der Waals surface area contributed by atoms with Crippen molar-refractivity contribution < 1.29 is 8.82 Å². The summed E-state index contributed by atoms with van der Waals surface area (Å²) < 4.78 is 19.4. The van der Waals surface area contributed by atoms with Crippen LogP contribution in [0.2, 0.25) is 19.6 Å². The topological polar surface area (TPSA) is 12.5 Å². The predicted octanol–water partition coefficient (Wildman–Crippen LogP) is 6.59. The van der Waals surface area contributed by atoms with Crippen molar-refractivity contribution in [1.82, 2.24) is 4.90 Å². The average molecular weight is 410 g/mol. The third kappa shape index (κ3) is 7.30. The number of likely N-dealkylation sites (tertiary alicyclic amines) is 1. The van der Waals surface area contributed by atoms with E-state index in [-0.39, 0.29) is 5.82 Å². The zero-order valence-corrected chi connectivity index (χ0v) is 18.8. The summed E-state index contributed by atoms with van der Waals surface area (Å²) in [6.45, 7) is 9.89. The predicted molar refractivity (Wildman–Crippen MR) is 124 cm³/mol. The Hall–Kier alpha value is -2.17. The van der Waals surface area contributed by atoms with Crippen molar-refractivity contribution in [2.24, 2.45) is 0 Å². The lowest BCUT2D eigenvalue weighted by Gasteiger charge is -2.28. The molecule has 0 aliphatic carbocycles. The number of hydrogen-bond donors (Lipinski definition) is 0.